The molecule has 0 saturated carbocycles. The second kappa shape index (κ2) is 10.3. The highest BCUT2D eigenvalue weighted by molar-refractivity contribution is 5.82. The molecule has 31 heavy (non-hydrogen) atoms. The summed E-state index contributed by atoms with van der Waals surface area (Å²) in [5.74, 6) is 0.630. The van der Waals surface area contributed by atoms with E-state index >= 15 is 0 Å². The maximum absolute atomic E-state index is 12.7. The van der Waals surface area contributed by atoms with Crippen molar-refractivity contribution in [3.05, 3.63) is 101 Å². The predicted octanol–water partition coefficient (Wildman–Crippen LogP) is 5.57. The Labute approximate surface area is 185 Å². The van der Waals surface area contributed by atoms with Gasteiger partial charge in [0.2, 0.25) is 0 Å². The van der Waals surface area contributed by atoms with Crippen LogP contribution in [-0.4, -0.2) is 13.1 Å². The number of esters is 1. The number of benzene rings is 3. The molecule has 162 valence electrons. The highest BCUT2D eigenvalue weighted by Gasteiger charge is 2.31. The second-order valence-corrected chi connectivity index (χ2v) is 8.26. The van der Waals surface area contributed by atoms with Crippen LogP contribution < -0.4 is 10.1 Å². The van der Waals surface area contributed by atoms with Gasteiger partial charge in [-0.15, -0.1) is 0 Å². The van der Waals surface area contributed by atoms with Gasteiger partial charge in [-0.2, -0.15) is 0 Å². The van der Waals surface area contributed by atoms with Gasteiger partial charge >= 0.3 is 5.97 Å². The Morgan fingerprint density at radius 2 is 1.65 bits per heavy atom. The summed E-state index contributed by atoms with van der Waals surface area (Å²) in [4.78, 5) is 12.7. The molecule has 1 N–H and O–H groups in total. The van der Waals surface area contributed by atoms with E-state index in [0.717, 1.165) is 29.0 Å². The Bertz CT molecular complexity index is 981. The third-order valence-corrected chi connectivity index (χ3v) is 5.60. The first-order valence-corrected chi connectivity index (χ1v) is 10.6. The Hall–Kier alpha value is -3.11. The molecule has 4 heteroatoms. The molecule has 1 atom stereocenters. The minimum absolute atomic E-state index is 0.194. The number of carbonyl (C=O) groups excluding carboxylic acids is 1. The summed E-state index contributed by atoms with van der Waals surface area (Å²) >= 11 is 0. The van der Waals surface area contributed by atoms with E-state index in [0.29, 0.717) is 0 Å². The molecule has 4 nitrogen and oxygen atoms in total. The first-order valence-electron chi connectivity index (χ1n) is 10.6. The normalized spacial score (nSPS) is 12.3. The molecular weight excluding hydrogens is 386 g/mol. The van der Waals surface area contributed by atoms with Crippen molar-refractivity contribution in [1.82, 2.24) is 5.32 Å². The largest absolute Gasteiger partial charge is 0.497 e. The average Bonchev–Trinajstić information content (AvgIpc) is 2.81. The summed E-state index contributed by atoms with van der Waals surface area (Å²) in [6, 6.07) is 26.2. The first-order chi connectivity index (χ1) is 14.9. The number of carbonyl (C=O) groups is 1. The lowest BCUT2D eigenvalue weighted by Gasteiger charge is -2.23. The Morgan fingerprint density at radius 3 is 2.32 bits per heavy atom. The summed E-state index contributed by atoms with van der Waals surface area (Å²) in [5, 5.41) is 3.54. The van der Waals surface area contributed by atoms with E-state index in [9.17, 15) is 4.79 Å². The lowest BCUT2D eigenvalue weighted by atomic mass is 9.84. The lowest BCUT2D eigenvalue weighted by Crippen LogP contribution is -2.31. The van der Waals surface area contributed by atoms with Crippen LogP contribution in [0.15, 0.2) is 78.9 Å². The average molecular weight is 418 g/mol. The zero-order valence-electron chi connectivity index (χ0n) is 18.7. The van der Waals surface area contributed by atoms with Crippen LogP contribution in [0.25, 0.3) is 0 Å². The van der Waals surface area contributed by atoms with Crippen molar-refractivity contribution < 1.29 is 14.3 Å². The van der Waals surface area contributed by atoms with E-state index in [4.69, 9.17) is 9.47 Å². The number of hydrogen-bond acceptors (Lipinski definition) is 4. The molecule has 3 rings (SSSR count). The topological polar surface area (TPSA) is 47.6 Å². The van der Waals surface area contributed by atoms with Crippen LogP contribution in [0.4, 0.5) is 0 Å². The van der Waals surface area contributed by atoms with Crippen LogP contribution in [0.5, 0.6) is 5.75 Å². The zero-order chi connectivity index (χ0) is 22.3. The Kier molecular flexibility index (Phi) is 7.48. The van der Waals surface area contributed by atoms with Crippen molar-refractivity contribution in [1.29, 1.82) is 0 Å². The van der Waals surface area contributed by atoms with Gasteiger partial charge < -0.3 is 14.8 Å². The summed E-state index contributed by atoms with van der Waals surface area (Å²) in [6.07, 6.45) is 0. The predicted molar refractivity (Wildman–Crippen MR) is 124 cm³/mol. The van der Waals surface area contributed by atoms with E-state index in [1.165, 1.54) is 5.56 Å². The number of methoxy groups -OCH3 is 1. The summed E-state index contributed by atoms with van der Waals surface area (Å²) < 4.78 is 10.9. The van der Waals surface area contributed by atoms with Crippen LogP contribution in [0.3, 0.4) is 0 Å². The monoisotopic (exact) mass is 417 g/mol. The van der Waals surface area contributed by atoms with Crippen molar-refractivity contribution in [2.24, 2.45) is 0 Å². The van der Waals surface area contributed by atoms with Crippen molar-refractivity contribution in [3.63, 3.8) is 0 Å². The van der Waals surface area contributed by atoms with Crippen LogP contribution in [0, 0.1) is 0 Å². The molecule has 0 aliphatic carbocycles. The highest BCUT2D eigenvalue weighted by atomic mass is 16.5. The molecule has 0 aliphatic heterocycles. The van der Waals surface area contributed by atoms with E-state index < -0.39 is 5.41 Å². The van der Waals surface area contributed by atoms with Crippen molar-refractivity contribution in [2.45, 2.75) is 45.4 Å². The molecule has 0 bridgehead atoms. The fourth-order valence-electron chi connectivity index (χ4n) is 3.36. The lowest BCUT2D eigenvalue weighted by molar-refractivity contribution is -0.150. The van der Waals surface area contributed by atoms with Crippen LogP contribution in [-0.2, 0) is 28.1 Å². The molecule has 3 aromatic carbocycles. The SMILES string of the molecule is COc1cccc([C@@H](C)NCc2ccc(C(C)(C)C(=O)OCc3ccccc3)cc2)c1. The number of hydrogen-bond donors (Lipinski definition) is 1. The molecule has 0 spiro atoms. The van der Waals surface area contributed by atoms with E-state index in [2.05, 4.69) is 30.4 Å². The third-order valence-electron chi connectivity index (χ3n) is 5.60. The Morgan fingerprint density at radius 1 is 0.935 bits per heavy atom. The smallest absolute Gasteiger partial charge is 0.316 e. The van der Waals surface area contributed by atoms with Gasteiger partial charge in [0, 0.05) is 12.6 Å². The molecular formula is C27H31NO3. The van der Waals surface area contributed by atoms with Crippen LogP contribution in [0.2, 0.25) is 0 Å². The van der Waals surface area contributed by atoms with E-state index in [1.54, 1.807) is 7.11 Å². The van der Waals surface area contributed by atoms with Gasteiger partial charge in [0.05, 0.1) is 12.5 Å². The first kappa shape index (κ1) is 22.6. The van der Waals surface area contributed by atoms with Gasteiger partial charge in [0.25, 0.3) is 0 Å². The van der Waals surface area contributed by atoms with Crippen molar-refractivity contribution >= 4 is 5.97 Å². The van der Waals surface area contributed by atoms with E-state index in [1.807, 2.05) is 74.5 Å². The van der Waals surface area contributed by atoms with Crippen molar-refractivity contribution in [3.8, 4) is 5.75 Å². The number of nitrogens with one attached hydrogen (secondary N) is 1. The van der Waals surface area contributed by atoms with Gasteiger partial charge in [-0.1, -0.05) is 66.7 Å². The zero-order valence-corrected chi connectivity index (χ0v) is 18.7. The van der Waals surface area contributed by atoms with Gasteiger partial charge in [-0.3, -0.25) is 4.79 Å². The number of ether oxygens (including phenoxy) is 2. The third kappa shape index (κ3) is 5.96. The minimum Gasteiger partial charge on any atom is -0.497 e. The highest BCUT2D eigenvalue weighted by Crippen LogP contribution is 2.26. The molecule has 0 heterocycles. The molecule has 3 aromatic rings. The molecule has 0 aromatic heterocycles. The fraction of sp³-hybridized carbons (Fsp3) is 0.296. The maximum atomic E-state index is 12.7. The fourth-order valence-corrected chi connectivity index (χ4v) is 3.36. The molecule has 0 aliphatic rings. The summed E-state index contributed by atoms with van der Waals surface area (Å²) in [6.45, 7) is 6.96. The summed E-state index contributed by atoms with van der Waals surface area (Å²) in [5.41, 5.74) is 3.55. The number of rotatable bonds is 9. The standard InChI is InChI=1S/C27H31NO3/c1-20(23-11-8-12-25(17-23)30-4)28-18-21-13-15-24(16-14-21)27(2,3)26(29)31-19-22-9-6-5-7-10-22/h5-17,20,28H,18-19H2,1-4H3/t20-/m1/s1. The Balaban J connectivity index is 1.57. The quantitative estimate of drug-likeness (QED) is 0.463. The molecule has 0 saturated heterocycles. The summed E-state index contributed by atoms with van der Waals surface area (Å²) in [7, 11) is 1.68. The van der Waals surface area contributed by atoms with Crippen molar-refractivity contribution in [2.75, 3.05) is 7.11 Å². The van der Waals surface area contributed by atoms with Gasteiger partial charge in [-0.05, 0) is 55.2 Å². The van der Waals surface area contributed by atoms with Gasteiger partial charge in [0.1, 0.15) is 12.4 Å². The second-order valence-electron chi connectivity index (χ2n) is 8.26. The molecule has 0 unspecified atom stereocenters. The van der Waals surface area contributed by atoms with Gasteiger partial charge in [0.15, 0.2) is 0 Å². The molecule has 0 fully saturated rings. The van der Waals surface area contributed by atoms with E-state index in [-0.39, 0.29) is 18.6 Å². The van der Waals surface area contributed by atoms with Crippen LogP contribution >= 0.6 is 0 Å². The minimum atomic E-state index is -0.714. The van der Waals surface area contributed by atoms with Gasteiger partial charge in [-0.25, -0.2) is 0 Å². The molecule has 0 amide bonds. The maximum Gasteiger partial charge on any atom is 0.316 e. The molecule has 0 radical (unpaired) electrons. The van der Waals surface area contributed by atoms with Crippen LogP contribution in [0.1, 0.15) is 49.1 Å².